The third kappa shape index (κ3) is 2.94. The molecule has 0 N–H and O–H groups in total. The molecule has 1 heterocycles. The van der Waals surface area contributed by atoms with Crippen LogP contribution >= 0.6 is 11.6 Å². The monoisotopic (exact) mass is 399 g/mol. The van der Waals surface area contributed by atoms with Crippen molar-refractivity contribution >= 4 is 29.6 Å². The molecule has 1 aromatic carbocycles. The molecular formula is C20H18ClN3O4. The van der Waals surface area contributed by atoms with E-state index in [9.17, 15) is 9.59 Å². The van der Waals surface area contributed by atoms with Crippen molar-refractivity contribution in [3.05, 3.63) is 34.9 Å². The smallest absolute Gasteiger partial charge is 0.254 e. The first-order valence-corrected chi connectivity index (χ1v) is 9.49. The maximum Gasteiger partial charge on any atom is 0.254 e. The lowest BCUT2D eigenvalue weighted by Crippen LogP contribution is -2.28. The van der Waals surface area contributed by atoms with Crippen LogP contribution in [0.1, 0.15) is 18.9 Å². The lowest BCUT2D eigenvalue weighted by Gasteiger charge is -2.13. The molecule has 1 aromatic rings. The minimum Gasteiger partial charge on any atom is -0.490 e. The average Bonchev–Trinajstić information content (AvgIpc) is 3.34. The van der Waals surface area contributed by atoms with Gasteiger partial charge in [-0.3, -0.25) is 9.59 Å². The highest BCUT2D eigenvalue weighted by Crippen LogP contribution is 2.52. The fraction of sp³-hybridized carbons (Fsp3) is 0.400. The molecule has 7 nitrogen and oxygen atoms in total. The molecule has 0 radical (unpaired) electrons. The van der Waals surface area contributed by atoms with E-state index in [0.29, 0.717) is 17.9 Å². The minimum atomic E-state index is -0.288. The van der Waals surface area contributed by atoms with Crippen molar-refractivity contribution in [2.24, 2.45) is 28.8 Å². The second-order valence-corrected chi connectivity index (χ2v) is 7.35. The Labute approximate surface area is 167 Å². The number of amides is 2. The average molecular weight is 400 g/mol. The lowest BCUT2D eigenvalue weighted by atomic mass is 9.85. The SMILES string of the molecule is CCOc1cc(C=NN2C(=O)C3C4C=CC(C4)C3C2=O)cc(Cl)c1OCC#N. The Morgan fingerprint density at radius 1 is 1.25 bits per heavy atom. The van der Waals surface area contributed by atoms with Gasteiger partial charge in [-0.05, 0) is 42.9 Å². The second kappa shape index (κ2) is 7.28. The van der Waals surface area contributed by atoms with Gasteiger partial charge in [-0.15, -0.1) is 0 Å². The van der Waals surface area contributed by atoms with Gasteiger partial charge in [0, 0.05) is 0 Å². The van der Waals surface area contributed by atoms with Gasteiger partial charge < -0.3 is 9.47 Å². The molecule has 1 aliphatic heterocycles. The van der Waals surface area contributed by atoms with Gasteiger partial charge in [0.25, 0.3) is 11.8 Å². The highest BCUT2D eigenvalue weighted by Gasteiger charge is 2.59. The number of hydrogen-bond donors (Lipinski definition) is 0. The number of rotatable bonds is 6. The van der Waals surface area contributed by atoms with Crippen LogP contribution in [0.3, 0.4) is 0 Å². The molecular weight excluding hydrogens is 382 g/mol. The summed E-state index contributed by atoms with van der Waals surface area (Å²) < 4.78 is 10.9. The van der Waals surface area contributed by atoms with Gasteiger partial charge in [0.1, 0.15) is 6.07 Å². The Balaban J connectivity index is 1.57. The highest BCUT2D eigenvalue weighted by molar-refractivity contribution is 6.32. The zero-order valence-corrected chi connectivity index (χ0v) is 15.9. The van der Waals surface area contributed by atoms with Crippen LogP contribution in [-0.2, 0) is 9.59 Å². The van der Waals surface area contributed by atoms with Crippen molar-refractivity contribution in [2.45, 2.75) is 13.3 Å². The van der Waals surface area contributed by atoms with E-state index in [1.807, 2.05) is 25.1 Å². The molecule has 2 aliphatic carbocycles. The Hall–Kier alpha value is -2.85. The number of halogens is 1. The second-order valence-electron chi connectivity index (χ2n) is 6.94. The number of fused-ring (bicyclic) bond motifs is 5. The van der Waals surface area contributed by atoms with Crippen LogP contribution in [0.25, 0.3) is 0 Å². The van der Waals surface area contributed by atoms with Gasteiger partial charge in [-0.1, -0.05) is 23.8 Å². The van der Waals surface area contributed by atoms with E-state index in [-0.39, 0.29) is 52.9 Å². The molecule has 4 atom stereocenters. The van der Waals surface area contributed by atoms with Gasteiger partial charge in [0.2, 0.25) is 0 Å². The number of allylic oxidation sites excluding steroid dienone is 2. The Kier molecular flexibility index (Phi) is 4.82. The van der Waals surface area contributed by atoms with E-state index in [1.54, 1.807) is 12.1 Å². The van der Waals surface area contributed by atoms with E-state index in [2.05, 4.69) is 5.10 Å². The van der Waals surface area contributed by atoms with Crippen molar-refractivity contribution in [2.75, 3.05) is 13.2 Å². The fourth-order valence-corrected chi connectivity index (χ4v) is 4.57. The van der Waals surface area contributed by atoms with Crippen LogP contribution in [0, 0.1) is 35.0 Å². The first kappa shape index (κ1) is 18.5. The van der Waals surface area contributed by atoms with Crippen LogP contribution < -0.4 is 9.47 Å². The van der Waals surface area contributed by atoms with E-state index in [4.69, 9.17) is 26.3 Å². The maximum atomic E-state index is 12.7. The van der Waals surface area contributed by atoms with Crippen LogP contribution in [-0.4, -0.2) is 36.3 Å². The van der Waals surface area contributed by atoms with Crippen LogP contribution in [0.15, 0.2) is 29.4 Å². The van der Waals surface area contributed by atoms with Crippen molar-refractivity contribution in [3.8, 4) is 17.6 Å². The van der Waals surface area contributed by atoms with E-state index in [0.717, 1.165) is 11.4 Å². The van der Waals surface area contributed by atoms with Crippen LogP contribution in [0.5, 0.6) is 11.5 Å². The molecule has 28 heavy (non-hydrogen) atoms. The number of nitrogens with zero attached hydrogens (tertiary/aromatic N) is 3. The molecule has 2 amide bonds. The molecule has 0 spiro atoms. The summed E-state index contributed by atoms with van der Waals surface area (Å²) in [4.78, 5) is 25.3. The lowest BCUT2D eigenvalue weighted by molar-refractivity contribution is -0.140. The molecule has 4 rings (SSSR count). The summed E-state index contributed by atoms with van der Waals surface area (Å²) in [5, 5.41) is 14.1. The minimum absolute atomic E-state index is 0.141. The van der Waals surface area contributed by atoms with Gasteiger partial charge in [0.05, 0.1) is 29.7 Å². The summed E-state index contributed by atoms with van der Waals surface area (Å²) in [5.74, 6) is -0.142. The summed E-state index contributed by atoms with van der Waals surface area (Å²) in [6.45, 7) is 2.02. The van der Waals surface area contributed by atoms with Crippen molar-refractivity contribution in [1.29, 1.82) is 5.26 Å². The standard InChI is InChI=1S/C20H18ClN3O4/c1-2-27-15-8-11(7-14(21)18(15)28-6-5-22)10-23-24-19(25)16-12-3-4-13(9-12)17(16)20(24)26/h3-4,7-8,10,12-13,16-17H,2,6,9H2,1H3. The molecule has 3 aliphatic rings. The van der Waals surface area contributed by atoms with E-state index < -0.39 is 0 Å². The molecule has 1 saturated heterocycles. The van der Waals surface area contributed by atoms with Gasteiger partial charge in [0.15, 0.2) is 18.1 Å². The normalized spacial score (nSPS) is 27.5. The summed E-state index contributed by atoms with van der Waals surface area (Å²) in [7, 11) is 0. The topological polar surface area (TPSA) is 92.0 Å². The molecule has 8 heteroatoms. The van der Waals surface area contributed by atoms with E-state index >= 15 is 0 Å². The molecule has 0 aromatic heterocycles. The Bertz CT molecular complexity index is 906. The first-order valence-electron chi connectivity index (χ1n) is 9.11. The Morgan fingerprint density at radius 2 is 1.93 bits per heavy atom. The number of carbonyl (C=O) groups is 2. The number of hydrazone groups is 1. The van der Waals surface area contributed by atoms with Crippen molar-refractivity contribution in [3.63, 3.8) is 0 Å². The quantitative estimate of drug-likeness (QED) is 0.416. The van der Waals surface area contributed by atoms with E-state index in [1.165, 1.54) is 6.21 Å². The van der Waals surface area contributed by atoms with Crippen molar-refractivity contribution in [1.82, 2.24) is 5.01 Å². The van der Waals surface area contributed by atoms with Crippen LogP contribution in [0.2, 0.25) is 5.02 Å². The Morgan fingerprint density at radius 3 is 2.54 bits per heavy atom. The molecule has 1 saturated carbocycles. The molecule has 2 fully saturated rings. The molecule has 144 valence electrons. The van der Waals surface area contributed by atoms with Gasteiger partial charge in [-0.25, -0.2) is 0 Å². The van der Waals surface area contributed by atoms with Gasteiger partial charge >= 0.3 is 0 Å². The summed E-state index contributed by atoms with van der Waals surface area (Å²) in [6.07, 6.45) is 6.37. The highest BCUT2D eigenvalue weighted by atomic mass is 35.5. The predicted molar refractivity (Wildman–Crippen MR) is 101 cm³/mol. The summed E-state index contributed by atoms with van der Waals surface area (Å²) >= 11 is 6.25. The molecule has 4 unspecified atom stereocenters. The molecule has 2 bridgehead atoms. The zero-order valence-electron chi connectivity index (χ0n) is 15.2. The summed E-state index contributed by atoms with van der Waals surface area (Å²) in [6, 6.07) is 5.10. The van der Waals surface area contributed by atoms with Gasteiger partial charge in [-0.2, -0.15) is 15.4 Å². The number of imide groups is 1. The van der Waals surface area contributed by atoms with Crippen LogP contribution in [0.4, 0.5) is 0 Å². The zero-order chi connectivity index (χ0) is 19.8. The number of hydrogen-bond acceptors (Lipinski definition) is 6. The largest absolute Gasteiger partial charge is 0.490 e. The third-order valence-electron chi connectivity index (χ3n) is 5.38. The predicted octanol–water partition coefficient (Wildman–Crippen LogP) is 2.78. The van der Waals surface area contributed by atoms with Crippen molar-refractivity contribution < 1.29 is 19.1 Å². The number of nitriles is 1. The number of ether oxygens (including phenoxy) is 2. The summed E-state index contributed by atoms with van der Waals surface area (Å²) in [5.41, 5.74) is 0.552. The third-order valence-corrected chi connectivity index (χ3v) is 5.66. The number of carbonyl (C=O) groups excluding carboxylic acids is 2. The maximum absolute atomic E-state index is 12.7. The number of benzene rings is 1. The fourth-order valence-electron chi connectivity index (χ4n) is 4.29. The first-order chi connectivity index (χ1) is 13.5.